The highest BCUT2D eigenvalue weighted by Crippen LogP contribution is 2.15. The van der Waals surface area contributed by atoms with Gasteiger partial charge in [0.05, 0.1) is 0 Å². The van der Waals surface area contributed by atoms with Crippen LogP contribution in [-0.2, 0) is 11.2 Å². The van der Waals surface area contributed by atoms with Gasteiger partial charge in [0.15, 0.2) is 0 Å². The second-order valence-corrected chi connectivity index (χ2v) is 5.50. The first-order valence-corrected chi connectivity index (χ1v) is 7.69. The number of carbonyl (C=O) groups excluding carboxylic acids is 1. The lowest BCUT2D eigenvalue weighted by Crippen LogP contribution is -2.32. The number of benzene rings is 1. The summed E-state index contributed by atoms with van der Waals surface area (Å²) in [6.07, 6.45) is 2.50. The fourth-order valence-electron chi connectivity index (χ4n) is 2.01. The predicted molar refractivity (Wildman–Crippen MR) is 85.0 cm³/mol. The van der Waals surface area contributed by atoms with Crippen LogP contribution in [0.1, 0.15) is 50.7 Å². The van der Waals surface area contributed by atoms with Crippen molar-refractivity contribution in [2.45, 2.75) is 46.0 Å². The van der Waals surface area contributed by atoms with E-state index in [9.17, 15) is 4.79 Å². The van der Waals surface area contributed by atoms with Gasteiger partial charge in [-0.3, -0.25) is 4.79 Å². The predicted octanol–water partition coefficient (Wildman–Crippen LogP) is 2.86. The van der Waals surface area contributed by atoms with E-state index in [4.69, 9.17) is 0 Å². The van der Waals surface area contributed by atoms with Gasteiger partial charge in [-0.25, -0.2) is 0 Å². The Morgan fingerprint density at radius 3 is 2.40 bits per heavy atom. The molecule has 0 bridgehead atoms. The van der Waals surface area contributed by atoms with Gasteiger partial charge >= 0.3 is 0 Å². The molecule has 20 heavy (non-hydrogen) atoms. The molecule has 1 rings (SSSR count). The van der Waals surface area contributed by atoms with Crippen molar-refractivity contribution >= 4 is 5.91 Å². The maximum absolute atomic E-state index is 11.7. The first-order chi connectivity index (χ1) is 9.63. The monoisotopic (exact) mass is 276 g/mol. The minimum atomic E-state index is 0.135. The number of amides is 1. The van der Waals surface area contributed by atoms with E-state index in [1.54, 1.807) is 0 Å². The number of rotatable bonds is 9. The van der Waals surface area contributed by atoms with Crippen molar-refractivity contribution in [3.8, 4) is 0 Å². The molecule has 0 fully saturated rings. The Labute approximate surface area is 123 Å². The van der Waals surface area contributed by atoms with Crippen LogP contribution in [0.4, 0.5) is 0 Å². The van der Waals surface area contributed by atoms with Gasteiger partial charge < -0.3 is 10.6 Å². The van der Waals surface area contributed by atoms with E-state index in [0.717, 1.165) is 25.9 Å². The summed E-state index contributed by atoms with van der Waals surface area (Å²) < 4.78 is 0. The fraction of sp³-hybridized carbons (Fsp3) is 0.588. The molecule has 2 N–H and O–H groups in total. The van der Waals surface area contributed by atoms with Crippen molar-refractivity contribution in [2.75, 3.05) is 19.6 Å². The second kappa shape index (κ2) is 9.54. The lowest BCUT2D eigenvalue weighted by molar-refractivity contribution is -0.121. The quantitative estimate of drug-likeness (QED) is 0.681. The summed E-state index contributed by atoms with van der Waals surface area (Å²) in [5.74, 6) is 0.694. The summed E-state index contributed by atoms with van der Waals surface area (Å²) >= 11 is 0. The van der Waals surface area contributed by atoms with Crippen molar-refractivity contribution in [2.24, 2.45) is 0 Å². The summed E-state index contributed by atoms with van der Waals surface area (Å²) in [7, 11) is 0. The molecule has 0 saturated carbocycles. The van der Waals surface area contributed by atoms with Gasteiger partial charge in [0.25, 0.3) is 0 Å². The van der Waals surface area contributed by atoms with Crippen LogP contribution in [0.25, 0.3) is 0 Å². The molecule has 112 valence electrons. The molecule has 3 heteroatoms. The molecule has 0 saturated heterocycles. The number of carbonyl (C=O) groups is 1. The summed E-state index contributed by atoms with van der Waals surface area (Å²) in [6.45, 7) is 9.09. The zero-order valence-electron chi connectivity index (χ0n) is 13.0. The largest absolute Gasteiger partial charge is 0.355 e. The van der Waals surface area contributed by atoms with Crippen molar-refractivity contribution < 1.29 is 4.79 Å². The third kappa shape index (κ3) is 6.71. The van der Waals surface area contributed by atoms with E-state index in [1.807, 2.05) is 0 Å². The van der Waals surface area contributed by atoms with Crippen LogP contribution in [0, 0.1) is 0 Å². The fourth-order valence-corrected chi connectivity index (χ4v) is 2.01. The van der Waals surface area contributed by atoms with Crippen LogP contribution in [0.15, 0.2) is 24.3 Å². The minimum absolute atomic E-state index is 0.135. The minimum Gasteiger partial charge on any atom is -0.355 e. The van der Waals surface area contributed by atoms with Crippen LogP contribution >= 0.6 is 0 Å². The zero-order chi connectivity index (χ0) is 14.8. The molecule has 0 aliphatic heterocycles. The lowest BCUT2D eigenvalue weighted by atomic mass is 10.0. The first kappa shape index (κ1) is 16.7. The number of hydrogen-bond acceptors (Lipinski definition) is 2. The summed E-state index contributed by atoms with van der Waals surface area (Å²) in [4.78, 5) is 11.7. The van der Waals surface area contributed by atoms with Gasteiger partial charge in [-0.05, 0) is 36.4 Å². The molecule has 0 aliphatic carbocycles. The maximum atomic E-state index is 11.7. The zero-order valence-corrected chi connectivity index (χ0v) is 13.0. The van der Waals surface area contributed by atoms with Gasteiger partial charge in [-0.15, -0.1) is 0 Å². The topological polar surface area (TPSA) is 41.1 Å². The van der Waals surface area contributed by atoms with Gasteiger partial charge in [-0.2, -0.15) is 0 Å². The van der Waals surface area contributed by atoms with Crippen molar-refractivity contribution in [1.29, 1.82) is 0 Å². The smallest absolute Gasteiger partial charge is 0.220 e. The van der Waals surface area contributed by atoms with Crippen LogP contribution in [-0.4, -0.2) is 25.5 Å². The second-order valence-electron chi connectivity index (χ2n) is 5.50. The standard InChI is InChI=1S/C17H28N2O/c1-4-11-18-12-13-19-17(20)10-7-15-5-8-16(9-6-15)14(2)3/h5-6,8-9,14,18H,4,7,10-13H2,1-3H3,(H,19,20). The molecule has 0 heterocycles. The van der Waals surface area contributed by atoms with Gasteiger partial charge in [-0.1, -0.05) is 45.0 Å². The molecule has 1 aromatic carbocycles. The van der Waals surface area contributed by atoms with E-state index < -0.39 is 0 Å². The van der Waals surface area contributed by atoms with Crippen molar-refractivity contribution in [1.82, 2.24) is 10.6 Å². The number of aryl methyl sites for hydroxylation is 1. The Kier molecular flexibility index (Phi) is 7.97. The molecule has 0 spiro atoms. The molecule has 0 aromatic heterocycles. The Morgan fingerprint density at radius 2 is 1.80 bits per heavy atom. The third-order valence-corrected chi connectivity index (χ3v) is 3.34. The van der Waals surface area contributed by atoms with E-state index in [2.05, 4.69) is 55.7 Å². The summed E-state index contributed by atoms with van der Waals surface area (Å²) in [5, 5.41) is 6.21. The van der Waals surface area contributed by atoms with E-state index in [1.165, 1.54) is 11.1 Å². The summed E-state index contributed by atoms with van der Waals surface area (Å²) in [5.41, 5.74) is 2.58. The molecule has 0 atom stereocenters. The number of hydrogen-bond donors (Lipinski definition) is 2. The van der Waals surface area contributed by atoms with Gasteiger partial charge in [0, 0.05) is 19.5 Å². The molecule has 0 aliphatic rings. The highest BCUT2D eigenvalue weighted by Gasteiger charge is 2.03. The molecule has 1 amide bonds. The normalized spacial score (nSPS) is 10.8. The molecule has 1 aromatic rings. The average Bonchev–Trinajstić information content (AvgIpc) is 2.45. The Bertz CT molecular complexity index is 384. The Morgan fingerprint density at radius 1 is 1.10 bits per heavy atom. The summed E-state index contributed by atoms with van der Waals surface area (Å²) in [6, 6.07) is 8.58. The van der Waals surface area contributed by atoms with Crippen molar-refractivity contribution in [3.63, 3.8) is 0 Å². The van der Waals surface area contributed by atoms with E-state index in [0.29, 0.717) is 18.9 Å². The van der Waals surface area contributed by atoms with Gasteiger partial charge in [0.2, 0.25) is 5.91 Å². The molecule has 0 unspecified atom stereocenters. The van der Waals surface area contributed by atoms with E-state index in [-0.39, 0.29) is 5.91 Å². The van der Waals surface area contributed by atoms with Gasteiger partial charge in [0.1, 0.15) is 0 Å². The van der Waals surface area contributed by atoms with E-state index >= 15 is 0 Å². The number of nitrogens with one attached hydrogen (secondary N) is 2. The van der Waals surface area contributed by atoms with Crippen LogP contribution in [0.5, 0.6) is 0 Å². The van der Waals surface area contributed by atoms with Crippen LogP contribution in [0.2, 0.25) is 0 Å². The Balaban J connectivity index is 2.20. The average molecular weight is 276 g/mol. The van der Waals surface area contributed by atoms with Crippen LogP contribution < -0.4 is 10.6 Å². The SMILES string of the molecule is CCCNCCNC(=O)CCc1ccc(C(C)C)cc1. The maximum Gasteiger partial charge on any atom is 0.220 e. The third-order valence-electron chi connectivity index (χ3n) is 3.34. The van der Waals surface area contributed by atoms with Crippen molar-refractivity contribution in [3.05, 3.63) is 35.4 Å². The van der Waals surface area contributed by atoms with Crippen LogP contribution in [0.3, 0.4) is 0 Å². The molecule has 0 radical (unpaired) electrons. The highest BCUT2D eigenvalue weighted by molar-refractivity contribution is 5.76. The molecule has 3 nitrogen and oxygen atoms in total. The molecular weight excluding hydrogens is 248 g/mol. The molecular formula is C17H28N2O. The highest BCUT2D eigenvalue weighted by atomic mass is 16.1. The first-order valence-electron chi connectivity index (χ1n) is 7.69. The lowest BCUT2D eigenvalue weighted by Gasteiger charge is -2.08. The Hall–Kier alpha value is -1.35.